The SMILES string of the molecule is Cl.N[C@H](COCc1ccccc1)C(=O)Nc1cc2c3c(c(-c4ccccc4)[nH]c3c1)C=NNC2=O. The van der Waals surface area contributed by atoms with E-state index < -0.39 is 11.9 Å². The van der Waals surface area contributed by atoms with Gasteiger partial charge in [0, 0.05) is 22.2 Å². The molecule has 4 aromatic rings. The summed E-state index contributed by atoms with van der Waals surface area (Å²) in [6, 6.07) is 22.0. The van der Waals surface area contributed by atoms with Crippen molar-refractivity contribution in [3.8, 4) is 11.3 Å². The molecule has 2 heterocycles. The fraction of sp³-hybridized carbons (Fsp3) is 0.115. The predicted molar refractivity (Wildman–Crippen MR) is 139 cm³/mol. The van der Waals surface area contributed by atoms with Crippen molar-refractivity contribution in [1.29, 1.82) is 0 Å². The summed E-state index contributed by atoms with van der Waals surface area (Å²) in [6.45, 7) is 0.431. The van der Waals surface area contributed by atoms with Crippen LogP contribution in [0, 0.1) is 0 Å². The number of carbonyl (C=O) groups excluding carboxylic acids is 2. The normalized spacial score (nSPS) is 13.0. The zero-order valence-electron chi connectivity index (χ0n) is 18.7. The smallest absolute Gasteiger partial charge is 0.272 e. The fourth-order valence-corrected chi connectivity index (χ4v) is 3.97. The Morgan fingerprint density at radius 3 is 2.51 bits per heavy atom. The molecule has 3 aromatic carbocycles. The third-order valence-electron chi connectivity index (χ3n) is 5.62. The average Bonchev–Trinajstić information content (AvgIpc) is 3.14. The molecule has 1 aliphatic rings. The Labute approximate surface area is 208 Å². The summed E-state index contributed by atoms with van der Waals surface area (Å²) in [6.07, 6.45) is 1.63. The van der Waals surface area contributed by atoms with Crippen LogP contribution in [0.15, 0.2) is 77.9 Å². The molecule has 0 aliphatic carbocycles. The zero-order valence-corrected chi connectivity index (χ0v) is 19.5. The summed E-state index contributed by atoms with van der Waals surface area (Å²) < 4.78 is 5.59. The quantitative estimate of drug-likeness (QED) is 0.315. The first-order chi connectivity index (χ1) is 16.6. The van der Waals surface area contributed by atoms with E-state index in [4.69, 9.17) is 10.5 Å². The molecule has 35 heavy (non-hydrogen) atoms. The van der Waals surface area contributed by atoms with Crippen molar-refractivity contribution in [3.05, 3.63) is 89.5 Å². The Morgan fingerprint density at radius 1 is 1.06 bits per heavy atom. The molecule has 5 N–H and O–H groups in total. The number of nitrogens with one attached hydrogen (secondary N) is 3. The Bertz CT molecular complexity index is 1390. The van der Waals surface area contributed by atoms with Gasteiger partial charge in [-0.05, 0) is 23.3 Å². The molecular weight excluding hydrogens is 466 g/mol. The first kappa shape index (κ1) is 24.2. The molecule has 178 valence electrons. The molecule has 2 amide bonds. The zero-order chi connectivity index (χ0) is 23.5. The highest BCUT2D eigenvalue weighted by molar-refractivity contribution is 6.18. The number of hydrogen-bond donors (Lipinski definition) is 4. The number of benzene rings is 3. The van der Waals surface area contributed by atoms with Crippen molar-refractivity contribution in [2.24, 2.45) is 10.8 Å². The Hall–Kier alpha value is -3.98. The van der Waals surface area contributed by atoms with E-state index in [0.717, 1.165) is 27.8 Å². The second-order valence-electron chi connectivity index (χ2n) is 8.02. The maximum absolute atomic E-state index is 12.7. The van der Waals surface area contributed by atoms with Crippen molar-refractivity contribution in [2.75, 3.05) is 11.9 Å². The van der Waals surface area contributed by atoms with Crippen molar-refractivity contribution in [2.45, 2.75) is 12.6 Å². The second-order valence-corrected chi connectivity index (χ2v) is 8.02. The van der Waals surface area contributed by atoms with Crippen molar-refractivity contribution < 1.29 is 14.3 Å². The van der Waals surface area contributed by atoms with E-state index in [1.54, 1.807) is 18.3 Å². The molecular formula is C26H24ClN5O3. The minimum absolute atomic E-state index is 0. The number of nitrogens with two attached hydrogens (primary N) is 1. The minimum Gasteiger partial charge on any atom is -0.375 e. The molecule has 0 saturated heterocycles. The van der Waals surface area contributed by atoms with E-state index in [1.165, 1.54) is 0 Å². The minimum atomic E-state index is -0.866. The van der Waals surface area contributed by atoms with Crippen molar-refractivity contribution >= 4 is 47.0 Å². The van der Waals surface area contributed by atoms with Gasteiger partial charge in [-0.1, -0.05) is 60.7 Å². The number of hydrogen-bond acceptors (Lipinski definition) is 5. The van der Waals surface area contributed by atoms with E-state index in [1.807, 2.05) is 60.7 Å². The summed E-state index contributed by atoms with van der Waals surface area (Å²) in [5, 5.41) is 7.61. The van der Waals surface area contributed by atoms with E-state index in [9.17, 15) is 9.59 Å². The Balaban J connectivity index is 0.00000289. The van der Waals surface area contributed by atoms with Gasteiger partial charge in [0.1, 0.15) is 6.04 Å². The standard InChI is InChI=1S/C26H23N5O3.ClH/c27-21(15-34-14-16-7-3-1-4-8-16)26(33)29-18-11-19-23-20(13-28-31-25(19)32)24(30-22(23)12-18)17-9-5-2-6-10-17;/h1-13,21,30H,14-15,27H2,(H,29,33)(H,31,32);1H/t21-;/m1./s1. The molecule has 1 aromatic heterocycles. The number of H-pyrrole nitrogens is 1. The van der Waals surface area contributed by atoms with Gasteiger partial charge in [-0.3, -0.25) is 9.59 Å². The van der Waals surface area contributed by atoms with Crippen LogP contribution >= 0.6 is 12.4 Å². The van der Waals surface area contributed by atoms with Gasteiger partial charge < -0.3 is 20.8 Å². The summed E-state index contributed by atoms with van der Waals surface area (Å²) >= 11 is 0. The van der Waals surface area contributed by atoms with E-state index in [-0.39, 0.29) is 24.9 Å². The van der Waals surface area contributed by atoms with Crippen LogP contribution in [0.3, 0.4) is 0 Å². The molecule has 9 heteroatoms. The van der Waals surface area contributed by atoms with Crippen LogP contribution in [0.25, 0.3) is 22.2 Å². The molecule has 0 fully saturated rings. The number of hydrazone groups is 1. The summed E-state index contributed by atoms with van der Waals surface area (Å²) in [5.41, 5.74) is 13.7. The Morgan fingerprint density at radius 2 is 1.77 bits per heavy atom. The molecule has 0 bridgehead atoms. The van der Waals surface area contributed by atoms with Gasteiger partial charge >= 0.3 is 0 Å². The summed E-state index contributed by atoms with van der Waals surface area (Å²) in [5.74, 6) is -0.759. The van der Waals surface area contributed by atoms with Gasteiger partial charge in [-0.2, -0.15) is 5.10 Å². The lowest BCUT2D eigenvalue weighted by atomic mass is 10.0. The molecule has 0 saturated carbocycles. The molecule has 5 rings (SSSR count). The van der Waals surface area contributed by atoms with Crippen LogP contribution in [0.5, 0.6) is 0 Å². The predicted octanol–water partition coefficient (Wildman–Crippen LogP) is 3.82. The first-order valence-corrected chi connectivity index (χ1v) is 10.9. The number of anilines is 1. The lowest BCUT2D eigenvalue weighted by molar-refractivity contribution is -0.118. The maximum atomic E-state index is 12.7. The van der Waals surface area contributed by atoms with Crippen LogP contribution in [0.2, 0.25) is 0 Å². The molecule has 0 unspecified atom stereocenters. The number of nitrogens with zero attached hydrogens (tertiary/aromatic N) is 1. The van der Waals surface area contributed by atoms with E-state index >= 15 is 0 Å². The lowest BCUT2D eigenvalue weighted by Gasteiger charge is -2.14. The lowest BCUT2D eigenvalue weighted by Crippen LogP contribution is -2.39. The van der Waals surface area contributed by atoms with Crippen LogP contribution in [-0.4, -0.2) is 35.7 Å². The van der Waals surface area contributed by atoms with Gasteiger partial charge in [0.25, 0.3) is 5.91 Å². The van der Waals surface area contributed by atoms with Gasteiger partial charge in [0.05, 0.1) is 30.7 Å². The number of aromatic amines is 1. The van der Waals surface area contributed by atoms with Gasteiger partial charge in [-0.25, -0.2) is 5.43 Å². The van der Waals surface area contributed by atoms with Crippen molar-refractivity contribution in [3.63, 3.8) is 0 Å². The van der Waals surface area contributed by atoms with Gasteiger partial charge in [-0.15, -0.1) is 12.4 Å². The first-order valence-electron chi connectivity index (χ1n) is 10.9. The highest BCUT2D eigenvalue weighted by Crippen LogP contribution is 2.34. The number of halogens is 1. The third-order valence-corrected chi connectivity index (χ3v) is 5.62. The van der Waals surface area contributed by atoms with Crippen LogP contribution in [0.1, 0.15) is 21.5 Å². The maximum Gasteiger partial charge on any atom is 0.272 e. The second kappa shape index (κ2) is 10.5. The highest BCUT2D eigenvalue weighted by atomic mass is 35.5. The third kappa shape index (κ3) is 5.09. The molecule has 0 radical (unpaired) electrons. The van der Waals surface area contributed by atoms with Crippen LogP contribution in [0.4, 0.5) is 5.69 Å². The van der Waals surface area contributed by atoms with Crippen LogP contribution < -0.4 is 16.5 Å². The average molecular weight is 490 g/mol. The number of rotatable bonds is 7. The summed E-state index contributed by atoms with van der Waals surface area (Å²) in [7, 11) is 0. The van der Waals surface area contributed by atoms with E-state index in [0.29, 0.717) is 23.4 Å². The number of amides is 2. The molecule has 1 aliphatic heterocycles. The number of ether oxygens (including phenoxy) is 1. The number of carbonyl (C=O) groups is 2. The monoisotopic (exact) mass is 489 g/mol. The Kier molecular flexibility index (Phi) is 7.26. The fourth-order valence-electron chi connectivity index (χ4n) is 3.97. The van der Waals surface area contributed by atoms with Gasteiger partial charge in [0.15, 0.2) is 0 Å². The molecule has 0 spiro atoms. The van der Waals surface area contributed by atoms with Crippen LogP contribution in [-0.2, 0) is 16.1 Å². The number of aromatic nitrogens is 1. The van der Waals surface area contributed by atoms with Gasteiger partial charge in [0.2, 0.25) is 5.91 Å². The van der Waals surface area contributed by atoms with E-state index in [2.05, 4.69) is 20.8 Å². The topological polar surface area (TPSA) is 122 Å². The largest absolute Gasteiger partial charge is 0.375 e. The summed E-state index contributed by atoms with van der Waals surface area (Å²) in [4.78, 5) is 28.8. The molecule has 1 atom stereocenters. The highest BCUT2D eigenvalue weighted by Gasteiger charge is 2.23. The molecule has 8 nitrogen and oxygen atoms in total. The van der Waals surface area contributed by atoms with Crippen molar-refractivity contribution in [1.82, 2.24) is 10.4 Å².